The summed E-state index contributed by atoms with van der Waals surface area (Å²) in [6, 6.07) is 12.2. The zero-order valence-corrected chi connectivity index (χ0v) is 7.37. The van der Waals surface area contributed by atoms with Crippen molar-refractivity contribution in [3.05, 3.63) is 60.2 Å². The van der Waals surface area contributed by atoms with Gasteiger partial charge in [-0.1, -0.05) is 30.3 Å². The van der Waals surface area contributed by atoms with Crippen LogP contribution in [0.4, 0.5) is 8.78 Å². The molecule has 2 aromatic carbocycles. The molecule has 0 saturated carbocycles. The van der Waals surface area contributed by atoms with Gasteiger partial charge in [0.25, 0.3) is 0 Å². The largest absolute Gasteiger partial charge is 0.207 e. The highest BCUT2D eigenvalue weighted by molar-refractivity contribution is 5.63. The summed E-state index contributed by atoms with van der Waals surface area (Å²) in [5, 5.41) is 0. The number of hydrogen-bond acceptors (Lipinski definition) is 0. The van der Waals surface area contributed by atoms with Gasteiger partial charge in [0.2, 0.25) is 0 Å². The van der Waals surface area contributed by atoms with Crippen LogP contribution in [0.1, 0.15) is 0 Å². The van der Waals surface area contributed by atoms with E-state index in [2.05, 4.69) is 0 Å². The van der Waals surface area contributed by atoms with Crippen LogP contribution in [-0.2, 0) is 0 Å². The highest BCUT2D eigenvalue weighted by Crippen LogP contribution is 2.22. The minimum absolute atomic E-state index is 0.292. The second-order valence-corrected chi connectivity index (χ2v) is 2.99. The first-order valence-corrected chi connectivity index (χ1v) is 4.28. The molecule has 0 saturated heterocycles. The number of rotatable bonds is 1. The molecular formula is C12H8F2. The summed E-state index contributed by atoms with van der Waals surface area (Å²) >= 11 is 0. The molecule has 0 amide bonds. The van der Waals surface area contributed by atoms with Crippen LogP contribution in [0.2, 0.25) is 0 Å². The minimum atomic E-state index is -0.315. The molecule has 0 aliphatic rings. The summed E-state index contributed by atoms with van der Waals surface area (Å²) in [6.07, 6.45) is 0. The quantitative estimate of drug-likeness (QED) is 0.644. The van der Waals surface area contributed by atoms with Crippen molar-refractivity contribution in [1.82, 2.24) is 0 Å². The lowest BCUT2D eigenvalue weighted by molar-refractivity contribution is 0.625. The molecule has 0 spiro atoms. The van der Waals surface area contributed by atoms with Crippen molar-refractivity contribution in [2.75, 3.05) is 0 Å². The lowest BCUT2D eigenvalue weighted by Crippen LogP contribution is -1.83. The normalized spacial score (nSPS) is 10.1. The van der Waals surface area contributed by atoms with Gasteiger partial charge in [-0.15, -0.1) is 0 Å². The second-order valence-electron chi connectivity index (χ2n) is 2.99. The predicted octanol–water partition coefficient (Wildman–Crippen LogP) is 3.63. The predicted molar refractivity (Wildman–Crippen MR) is 51.8 cm³/mol. The Hall–Kier alpha value is -1.70. The topological polar surface area (TPSA) is 0 Å². The van der Waals surface area contributed by atoms with Crippen LogP contribution in [0.25, 0.3) is 11.1 Å². The molecule has 14 heavy (non-hydrogen) atoms. The third kappa shape index (κ3) is 1.64. The number of halogens is 2. The Labute approximate surface area is 80.8 Å². The van der Waals surface area contributed by atoms with E-state index in [9.17, 15) is 8.78 Å². The van der Waals surface area contributed by atoms with E-state index in [1.165, 1.54) is 18.2 Å². The molecule has 0 aliphatic carbocycles. The first kappa shape index (κ1) is 8.88. The van der Waals surface area contributed by atoms with Crippen LogP contribution >= 0.6 is 0 Å². The van der Waals surface area contributed by atoms with E-state index in [0.717, 1.165) is 0 Å². The van der Waals surface area contributed by atoms with E-state index in [1.54, 1.807) is 30.3 Å². The monoisotopic (exact) mass is 190 g/mol. The van der Waals surface area contributed by atoms with Gasteiger partial charge < -0.3 is 0 Å². The maximum atomic E-state index is 13.3. The van der Waals surface area contributed by atoms with Crippen LogP contribution in [0.3, 0.4) is 0 Å². The van der Waals surface area contributed by atoms with E-state index >= 15 is 0 Å². The second kappa shape index (κ2) is 3.58. The SMILES string of the molecule is Fc1ccc(-c2ccccc2F)cc1. The summed E-state index contributed by atoms with van der Waals surface area (Å²) in [5.41, 5.74) is 1.18. The maximum Gasteiger partial charge on any atom is 0.131 e. The fourth-order valence-corrected chi connectivity index (χ4v) is 1.32. The average Bonchev–Trinajstić information content (AvgIpc) is 2.20. The third-order valence-corrected chi connectivity index (χ3v) is 2.03. The Morgan fingerprint density at radius 1 is 0.714 bits per heavy atom. The van der Waals surface area contributed by atoms with Crippen molar-refractivity contribution in [2.45, 2.75) is 0 Å². The van der Waals surface area contributed by atoms with Gasteiger partial charge >= 0.3 is 0 Å². The summed E-state index contributed by atoms with van der Waals surface area (Å²) in [4.78, 5) is 0. The van der Waals surface area contributed by atoms with Crippen molar-refractivity contribution in [1.29, 1.82) is 0 Å². The first-order valence-electron chi connectivity index (χ1n) is 4.28. The zero-order valence-electron chi connectivity index (χ0n) is 7.37. The third-order valence-electron chi connectivity index (χ3n) is 2.03. The molecule has 0 fully saturated rings. The Morgan fingerprint density at radius 3 is 2.00 bits per heavy atom. The molecule has 0 bridgehead atoms. The number of benzene rings is 2. The molecule has 2 rings (SSSR count). The summed E-state index contributed by atoms with van der Waals surface area (Å²) in [5.74, 6) is -0.607. The van der Waals surface area contributed by atoms with Crippen molar-refractivity contribution in [3.63, 3.8) is 0 Å². The van der Waals surface area contributed by atoms with Gasteiger partial charge in [-0.2, -0.15) is 0 Å². The average molecular weight is 190 g/mol. The molecule has 0 unspecified atom stereocenters. The Kier molecular flexibility index (Phi) is 2.27. The Bertz CT molecular complexity index is 432. The molecule has 2 aromatic rings. The molecule has 70 valence electrons. The molecule has 0 aromatic heterocycles. The van der Waals surface area contributed by atoms with Gasteiger partial charge in [0.05, 0.1) is 0 Å². The lowest BCUT2D eigenvalue weighted by Gasteiger charge is -2.02. The maximum absolute atomic E-state index is 13.3. The fraction of sp³-hybridized carbons (Fsp3) is 0. The highest BCUT2D eigenvalue weighted by Gasteiger charge is 2.02. The molecule has 0 heterocycles. The van der Waals surface area contributed by atoms with Crippen LogP contribution < -0.4 is 0 Å². The highest BCUT2D eigenvalue weighted by atomic mass is 19.1. The van der Waals surface area contributed by atoms with Crippen LogP contribution in [-0.4, -0.2) is 0 Å². The summed E-state index contributed by atoms with van der Waals surface area (Å²) in [7, 11) is 0. The van der Waals surface area contributed by atoms with Crippen molar-refractivity contribution < 1.29 is 8.78 Å². The standard InChI is InChI=1S/C12H8F2/c13-10-7-5-9(6-8-10)11-3-1-2-4-12(11)14/h1-8H. The van der Waals surface area contributed by atoms with Crippen molar-refractivity contribution >= 4 is 0 Å². The molecular weight excluding hydrogens is 182 g/mol. The minimum Gasteiger partial charge on any atom is -0.207 e. The van der Waals surface area contributed by atoms with E-state index in [1.807, 2.05) is 0 Å². The van der Waals surface area contributed by atoms with E-state index in [0.29, 0.717) is 11.1 Å². The molecule has 0 radical (unpaired) electrons. The summed E-state index contributed by atoms with van der Waals surface area (Å²) < 4.78 is 25.9. The van der Waals surface area contributed by atoms with E-state index in [4.69, 9.17) is 0 Å². The molecule has 0 nitrogen and oxygen atoms in total. The van der Waals surface area contributed by atoms with E-state index < -0.39 is 0 Å². The van der Waals surface area contributed by atoms with Crippen molar-refractivity contribution in [3.8, 4) is 11.1 Å². The van der Waals surface area contributed by atoms with Gasteiger partial charge in [0.15, 0.2) is 0 Å². The molecule has 0 aliphatic heterocycles. The van der Waals surface area contributed by atoms with Crippen molar-refractivity contribution in [2.24, 2.45) is 0 Å². The van der Waals surface area contributed by atoms with Crippen LogP contribution in [0, 0.1) is 11.6 Å². The Balaban J connectivity index is 2.50. The Morgan fingerprint density at radius 2 is 1.36 bits per heavy atom. The van der Waals surface area contributed by atoms with Crippen LogP contribution in [0.5, 0.6) is 0 Å². The first-order chi connectivity index (χ1) is 6.77. The molecule has 0 N–H and O–H groups in total. The van der Waals surface area contributed by atoms with Crippen LogP contribution in [0.15, 0.2) is 48.5 Å². The van der Waals surface area contributed by atoms with Gasteiger partial charge in [-0.3, -0.25) is 0 Å². The molecule has 0 atom stereocenters. The van der Waals surface area contributed by atoms with Gasteiger partial charge in [-0.25, -0.2) is 8.78 Å². The van der Waals surface area contributed by atoms with Gasteiger partial charge in [-0.05, 0) is 23.8 Å². The van der Waals surface area contributed by atoms with Gasteiger partial charge in [0.1, 0.15) is 11.6 Å². The molecule has 2 heteroatoms. The fourth-order valence-electron chi connectivity index (χ4n) is 1.32. The smallest absolute Gasteiger partial charge is 0.131 e. The summed E-state index contributed by atoms with van der Waals surface area (Å²) in [6.45, 7) is 0. The van der Waals surface area contributed by atoms with E-state index in [-0.39, 0.29) is 11.6 Å². The van der Waals surface area contributed by atoms with Gasteiger partial charge in [0, 0.05) is 5.56 Å². The number of hydrogen-bond donors (Lipinski definition) is 0. The lowest BCUT2D eigenvalue weighted by atomic mass is 10.1. The zero-order chi connectivity index (χ0) is 9.97.